The highest BCUT2D eigenvalue weighted by Crippen LogP contribution is 2.32. The minimum Gasteiger partial charge on any atom is -0.334 e. The first-order valence-electron chi connectivity index (χ1n) is 7.44. The molecule has 1 amide bonds. The summed E-state index contributed by atoms with van der Waals surface area (Å²) < 4.78 is 0. The Labute approximate surface area is 125 Å². The maximum Gasteiger partial charge on any atom is 0.255 e. The van der Waals surface area contributed by atoms with Crippen molar-refractivity contribution in [3.63, 3.8) is 0 Å². The zero-order valence-corrected chi connectivity index (χ0v) is 12.8. The van der Waals surface area contributed by atoms with Crippen molar-refractivity contribution in [2.24, 2.45) is 5.92 Å². The minimum atomic E-state index is 0.218. The number of nitrogens with one attached hydrogen (secondary N) is 1. The van der Waals surface area contributed by atoms with Gasteiger partial charge in [0.05, 0.1) is 5.56 Å². The van der Waals surface area contributed by atoms with Gasteiger partial charge in [0.2, 0.25) is 0 Å². The highest BCUT2D eigenvalue weighted by Gasteiger charge is 2.33. The molecule has 2 fully saturated rings. The molecule has 1 N–H and O–H groups in total. The Morgan fingerprint density at radius 2 is 2.15 bits per heavy atom. The topological polar surface area (TPSA) is 32.3 Å². The molecule has 1 heterocycles. The lowest BCUT2D eigenvalue weighted by molar-refractivity contribution is 0.0678. The van der Waals surface area contributed by atoms with Crippen molar-refractivity contribution in [3.05, 3.63) is 29.8 Å². The lowest BCUT2D eigenvalue weighted by Crippen LogP contribution is -2.43. The molecule has 20 heavy (non-hydrogen) atoms. The maximum atomic E-state index is 13.0. The molecule has 1 saturated carbocycles. The Kier molecular flexibility index (Phi) is 4.32. The molecule has 4 heteroatoms. The number of benzene rings is 1. The summed E-state index contributed by atoms with van der Waals surface area (Å²) in [5, 5.41) is 3.38. The number of amides is 1. The van der Waals surface area contributed by atoms with Crippen molar-refractivity contribution in [1.29, 1.82) is 0 Å². The van der Waals surface area contributed by atoms with Gasteiger partial charge in [-0.25, -0.2) is 0 Å². The van der Waals surface area contributed by atoms with Gasteiger partial charge in [-0.1, -0.05) is 12.1 Å². The molecule has 1 aliphatic carbocycles. The first-order chi connectivity index (χ1) is 9.79. The van der Waals surface area contributed by atoms with Crippen molar-refractivity contribution < 1.29 is 4.79 Å². The average Bonchev–Trinajstić information content (AvgIpc) is 3.15. The average molecular weight is 290 g/mol. The van der Waals surface area contributed by atoms with Crippen molar-refractivity contribution in [3.8, 4) is 0 Å². The molecule has 0 unspecified atom stereocenters. The van der Waals surface area contributed by atoms with Gasteiger partial charge in [0.1, 0.15) is 0 Å². The maximum absolute atomic E-state index is 13.0. The van der Waals surface area contributed by atoms with Crippen LogP contribution in [0.25, 0.3) is 0 Å². The molecule has 2 aliphatic rings. The second-order valence-electron chi connectivity index (χ2n) is 5.75. The molecule has 0 aromatic heterocycles. The van der Waals surface area contributed by atoms with Crippen LogP contribution in [0.1, 0.15) is 29.6 Å². The van der Waals surface area contributed by atoms with Crippen molar-refractivity contribution in [2.45, 2.75) is 30.2 Å². The molecular formula is C16H22N2OS. The van der Waals surface area contributed by atoms with Crippen molar-refractivity contribution >= 4 is 17.7 Å². The third-order valence-electron chi connectivity index (χ3n) is 4.23. The van der Waals surface area contributed by atoms with Gasteiger partial charge >= 0.3 is 0 Å². The summed E-state index contributed by atoms with van der Waals surface area (Å²) in [6, 6.07) is 8.36. The van der Waals surface area contributed by atoms with E-state index >= 15 is 0 Å². The Morgan fingerprint density at radius 1 is 1.35 bits per heavy atom. The minimum absolute atomic E-state index is 0.218. The van der Waals surface area contributed by atoms with Crippen LogP contribution >= 0.6 is 11.8 Å². The van der Waals surface area contributed by atoms with Crippen LogP contribution in [0.2, 0.25) is 0 Å². The van der Waals surface area contributed by atoms with E-state index in [1.165, 1.54) is 12.8 Å². The number of nitrogens with zero attached hydrogens (tertiary/aromatic N) is 1. The number of hydrogen-bond acceptors (Lipinski definition) is 3. The molecule has 108 valence electrons. The van der Waals surface area contributed by atoms with Gasteiger partial charge in [0.15, 0.2) is 0 Å². The predicted octanol–water partition coefficient (Wildman–Crippen LogP) is 2.62. The van der Waals surface area contributed by atoms with Crippen LogP contribution in [0.4, 0.5) is 0 Å². The molecule has 0 spiro atoms. The number of hydrogen-bond donors (Lipinski definition) is 1. The lowest BCUT2D eigenvalue weighted by atomic mass is 10.1. The Bertz CT molecular complexity index is 481. The van der Waals surface area contributed by atoms with Gasteiger partial charge in [-0.2, -0.15) is 0 Å². The molecule has 1 atom stereocenters. The van der Waals surface area contributed by atoms with E-state index < -0.39 is 0 Å². The molecule has 1 saturated heterocycles. The molecule has 3 nitrogen and oxygen atoms in total. The van der Waals surface area contributed by atoms with Gasteiger partial charge in [-0.15, -0.1) is 11.8 Å². The summed E-state index contributed by atoms with van der Waals surface area (Å²) in [6.07, 6.45) is 5.69. The van der Waals surface area contributed by atoms with Crippen molar-refractivity contribution in [1.82, 2.24) is 10.2 Å². The first kappa shape index (κ1) is 14.0. The summed E-state index contributed by atoms with van der Waals surface area (Å²) in [4.78, 5) is 16.2. The highest BCUT2D eigenvalue weighted by molar-refractivity contribution is 7.98. The second kappa shape index (κ2) is 6.19. The van der Waals surface area contributed by atoms with E-state index in [0.29, 0.717) is 6.04 Å². The zero-order chi connectivity index (χ0) is 13.9. The molecule has 1 aliphatic heterocycles. The molecular weight excluding hydrogens is 268 g/mol. The SMILES string of the molecule is CSc1ccccc1C(=O)N(CC1CC1)[C@H]1CCNC1. The van der Waals surface area contributed by atoms with Gasteiger partial charge < -0.3 is 10.2 Å². The third kappa shape index (κ3) is 3.01. The van der Waals surface area contributed by atoms with E-state index in [4.69, 9.17) is 0 Å². The predicted molar refractivity (Wildman–Crippen MR) is 83.3 cm³/mol. The zero-order valence-electron chi connectivity index (χ0n) is 12.0. The van der Waals surface area contributed by atoms with E-state index in [0.717, 1.165) is 42.4 Å². The van der Waals surface area contributed by atoms with Gasteiger partial charge in [0, 0.05) is 24.0 Å². The van der Waals surface area contributed by atoms with Crippen LogP contribution in [0.15, 0.2) is 29.2 Å². The summed E-state index contributed by atoms with van der Waals surface area (Å²) in [5.41, 5.74) is 0.868. The fraction of sp³-hybridized carbons (Fsp3) is 0.562. The number of thioether (sulfide) groups is 1. The van der Waals surface area contributed by atoms with Gasteiger partial charge in [-0.3, -0.25) is 4.79 Å². The van der Waals surface area contributed by atoms with Crippen LogP contribution in [0, 0.1) is 5.92 Å². The summed E-state index contributed by atoms with van der Waals surface area (Å²) in [6.45, 7) is 2.91. The van der Waals surface area contributed by atoms with E-state index in [2.05, 4.69) is 10.2 Å². The quantitative estimate of drug-likeness (QED) is 0.846. The highest BCUT2D eigenvalue weighted by atomic mass is 32.2. The Morgan fingerprint density at radius 3 is 2.80 bits per heavy atom. The van der Waals surface area contributed by atoms with E-state index in [9.17, 15) is 4.79 Å². The standard InChI is InChI=1S/C16H22N2OS/c1-20-15-5-3-2-4-14(15)16(19)18(11-12-6-7-12)13-8-9-17-10-13/h2-5,12-13,17H,6-11H2,1H3/t13-/m0/s1. The fourth-order valence-corrected chi connectivity index (χ4v) is 3.45. The first-order valence-corrected chi connectivity index (χ1v) is 8.66. The van der Waals surface area contributed by atoms with E-state index in [1.807, 2.05) is 30.5 Å². The monoisotopic (exact) mass is 290 g/mol. The van der Waals surface area contributed by atoms with E-state index in [1.54, 1.807) is 11.8 Å². The lowest BCUT2D eigenvalue weighted by Gasteiger charge is -2.29. The molecule has 1 aromatic rings. The van der Waals surface area contributed by atoms with Crippen LogP contribution in [-0.4, -0.2) is 42.7 Å². The normalized spacial score (nSPS) is 21.9. The van der Waals surface area contributed by atoms with Crippen LogP contribution in [-0.2, 0) is 0 Å². The van der Waals surface area contributed by atoms with Crippen LogP contribution in [0.3, 0.4) is 0 Å². The van der Waals surface area contributed by atoms with Crippen molar-refractivity contribution in [2.75, 3.05) is 25.9 Å². The van der Waals surface area contributed by atoms with Gasteiger partial charge in [-0.05, 0) is 50.1 Å². The molecule has 0 radical (unpaired) electrons. The number of rotatable bonds is 5. The summed E-state index contributed by atoms with van der Waals surface area (Å²) >= 11 is 1.66. The largest absolute Gasteiger partial charge is 0.334 e. The second-order valence-corrected chi connectivity index (χ2v) is 6.60. The van der Waals surface area contributed by atoms with Crippen LogP contribution < -0.4 is 5.32 Å². The molecule has 3 rings (SSSR count). The summed E-state index contributed by atoms with van der Waals surface area (Å²) in [5.74, 6) is 0.955. The van der Waals surface area contributed by atoms with Gasteiger partial charge in [0.25, 0.3) is 5.91 Å². The number of carbonyl (C=O) groups excluding carboxylic acids is 1. The smallest absolute Gasteiger partial charge is 0.255 e. The third-order valence-corrected chi connectivity index (χ3v) is 5.02. The Hall–Kier alpha value is -1.00. The Balaban J connectivity index is 1.83. The molecule has 1 aromatic carbocycles. The molecule has 0 bridgehead atoms. The van der Waals surface area contributed by atoms with E-state index in [-0.39, 0.29) is 5.91 Å². The number of carbonyl (C=O) groups is 1. The fourth-order valence-electron chi connectivity index (χ4n) is 2.86. The summed E-state index contributed by atoms with van der Waals surface area (Å²) in [7, 11) is 0. The van der Waals surface area contributed by atoms with Crippen LogP contribution in [0.5, 0.6) is 0 Å².